The maximum Gasteiger partial charge on any atom is 0.253 e. The van der Waals surface area contributed by atoms with Gasteiger partial charge < -0.3 is 4.90 Å². The fourth-order valence-electron chi connectivity index (χ4n) is 3.61. The van der Waals surface area contributed by atoms with E-state index in [4.69, 9.17) is 4.98 Å². The summed E-state index contributed by atoms with van der Waals surface area (Å²) in [5.74, 6) is 0.994. The van der Waals surface area contributed by atoms with E-state index >= 15 is 0 Å². The van der Waals surface area contributed by atoms with Gasteiger partial charge in [0.25, 0.3) is 5.91 Å². The van der Waals surface area contributed by atoms with E-state index in [-0.39, 0.29) is 11.8 Å². The van der Waals surface area contributed by atoms with Crippen LogP contribution in [0.2, 0.25) is 0 Å². The highest BCUT2D eigenvalue weighted by atomic mass is 16.2. The number of hydrogen-bond acceptors (Lipinski definition) is 5. The second kappa shape index (κ2) is 7.61. The molecule has 136 valence electrons. The Labute approximate surface area is 158 Å². The number of piperidine rings is 1. The van der Waals surface area contributed by atoms with Crippen molar-refractivity contribution in [3.05, 3.63) is 72.3 Å². The average Bonchev–Trinajstić information content (AvgIpc) is 2.74. The van der Waals surface area contributed by atoms with Gasteiger partial charge >= 0.3 is 0 Å². The fourth-order valence-corrected chi connectivity index (χ4v) is 3.61. The molecule has 0 radical (unpaired) electrons. The Bertz CT molecular complexity index is 930. The Morgan fingerprint density at radius 1 is 1.07 bits per heavy atom. The van der Waals surface area contributed by atoms with Crippen LogP contribution in [0.25, 0.3) is 11.1 Å². The first kappa shape index (κ1) is 17.3. The molecular weight excluding hydrogens is 338 g/mol. The Hall–Kier alpha value is -3.15. The van der Waals surface area contributed by atoms with E-state index in [2.05, 4.69) is 15.0 Å². The number of amides is 1. The quantitative estimate of drug-likeness (QED) is 0.718. The van der Waals surface area contributed by atoms with Crippen molar-refractivity contribution in [1.29, 1.82) is 0 Å². The van der Waals surface area contributed by atoms with Crippen molar-refractivity contribution in [2.75, 3.05) is 13.1 Å². The van der Waals surface area contributed by atoms with Crippen LogP contribution in [-0.2, 0) is 0 Å². The number of carbonyl (C=O) groups excluding carboxylic acids is 1. The molecular formula is C21H21N5O. The number of carbonyl (C=O) groups is 1. The van der Waals surface area contributed by atoms with Crippen molar-refractivity contribution in [1.82, 2.24) is 24.8 Å². The zero-order valence-electron chi connectivity index (χ0n) is 15.2. The zero-order valence-corrected chi connectivity index (χ0v) is 15.2. The highest BCUT2D eigenvalue weighted by Crippen LogP contribution is 2.33. The van der Waals surface area contributed by atoms with E-state index in [1.54, 1.807) is 36.9 Å². The molecule has 0 saturated carbocycles. The summed E-state index contributed by atoms with van der Waals surface area (Å²) in [6.07, 6.45) is 10.7. The molecule has 3 aromatic rings. The molecule has 1 aliphatic heterocycles. The number of likely N-dealkylation sites (tertiary alicyclic amines) is 1. The Kier molecular flexibility index (Phi) is 4.87. The number of rotatable bonds is 3. The van der Waals surface area contributed by atoms with Gasteiger partial charge in [0, 0.05) is 61.1 Å². The van der Waals surface area contributed by atoms with Gasteiger partial charge in [-0.05, 0) is 49.6 Å². The third-order valence-electron chi connectivity index (χ3n) is 4.95. The molecule has 27 heavy (non-hydrogen) atoms. The lowest BCUT2D eigenvalue weighted by atomic mass is 9.90. The van der Waals surface area contributed by atoms with Gasteiger partial charge in [-0.25, -0.2) is 9.97 Å². The monoisotopic (exact) mass is 359 g/mol. The van der Waals surface area contributed by atoms with E-state index in [1.165, 1.54) is 0 Å². The molecule has 1 fully saturated rings. The molecule has 1 aliphatic rings. The molecule has 1 amide bonds. The number of pyridine rings is 2. The summed E-state index contributed by atoms with van der Waals surface area (Å²) < 4.78 is 0. The topological polar surface area (TPSA) is 71.9 Å². The predicted octanol–water partition coefficient (Wildman–Crippen LogP) is 3.26. The smallest absolute Gasteiger partial charge is 0.253 e. The highest BCUT2D eigenvalue weighted by molar-refractivity contribution is 5.94. The van der Waals surface area contributed by atoms with Crippen LogP contribution >= 0.6 is 0 Å². The Morgan fingerprint density at radius 2 is 1.78 bits per heavy atom. The summed E-state index contributed by atoms with van der Waals surface area (Å²) in [6, 6.07) is 7.48. The minimum absolute atomic E-state index is 0.0540. The van der Waals surface area contributed by atoms with Crippen molar-refractivity contribution in [2.24, 2.45) is 0 Å². The number of hydrogen-bond donors (Lipinski definition) is 0. The first-order chi connectivity index (χ1) is 13.2. The van der Waals surface area contributed by atoms with E-state index in [9.17, 15) is 4.79 Å². The summed E-state index contributed by atoms with van der Waals surface area (Å²) >= 11 is 0. The van der Waals surface area contributed by atoms with Crippen LogP contribution in [0.5, 0.6) is 0 Å². The molecule has 0 N–H and O–H groups in total. The van der Waals surface area contributed by atoms with Crippen molar-refractivity contribution >= 4 is 5.91 Å². The lowest BCUT2D eigenvalue weighted by molar-refractivity contribution is 0.0706. The standard InChI is InChI=1S/C21H21N5O/c1-15-24-13-19(16-4-8-22-9-5-16)20(25-15)18-3-2-12-26(14-18)21(27)17-6-10-23-11-7-17/h4-11,13,18H,2-3,12,14H2,1H3/t18-/m0/s1. The second-order valence-electron chi connectivity index (χ2n) is 6.78. The maximum atomic E-state index is 12.9. The van der Waals surface area contributed by atoms with Crippen LogP contribution in [0, 0.1) is 6.92 Å². The van der Waals surface area contributed by atoms with Gasteiger partial charge in [-0.15, -0.1) is 0 Å². The molecule has 0 bridgehead atoms. The molecule has 1 saturated heterocycles. The summed E-state index contributed by atoms with van der Waals surface area (Å²) in [7, 11) is 0. The maximum absolute atomic E-state index is 12.9. The van der Waals surface area contributed by atoms with Crippen molar-refractivity contribution in [2.45, 2.75) is 25.7 Å². The Morgan fingerprint density at radius 3 is 2.52 bits per heavy atom. The summed E-state index contributed by atoms with van der Waals surface area (Å²) in [6.45, 7) is 3.34. The molecule has 1 atom stereocenters. The SMILES string of the molecule is Cc1ncc(-c2ccncc2)c([C@H]2CCCN(C(=O)c3ccncc3)C2)n1. The van der Waals surface area contributed by atoms with Crippen LogP contribution in [0.15, 0.2) is 55.2 Å². The predicted molar refractivity (Wildman–Crippen MR) is 102 cm³/mol. The molecule has 0 aromatic carbocycles. The minimum atomic E-state index is 0.0540. The summed E-state index contributed by atoms with van der Waals surface area (Å²) in [4.78, 5) is 32.0. The summed E-state index contributed by atoms with van der Waals surface area (Å²) in [5.41, 5.74) is 3.77. The lowest BCUT2D eigenvalue weighted by Gasteiger charge is -2.33. The van der Waals surface area contributed by atoms with Crippen LogP contribution in [0.3, 0.4) is 0 Å². The van der Waals surface area contributed by atoms with Crippen LogP contribution in [0.1, 0.15) is 40.6 Å². The normalized spacial score (nSPS) is 16.9. The Balaban J connectivity index is 1.64. The largest absolute Gasteiger partial charge is 0.338 e. The molecule has 4 rings (SSSR count). The van der Waals surface area contributed by atoms with Gasteiger partial charge in [0.1, 0.15) is 5.82 Å². The van der Waals surface area contributed by atoms with Crippen LogP contribution in [-0.4, -0.2) is 43.8 Å². The van der Waals surface area contributed by atoms with E-state index in [0.29, 0.717) is 12.1 Å². The van der Waals surface area contributed by atoms with Gasteiger partial charge in [-0.3, -0.25) is 14.8 Å². The van der Waals surface area contributed by atoms with Crippen LogP contribution in [0.4, 0.5) is 0 Å². The van der Waals surface area contributed by atoms with Gasteiger partial charge in [-0.1, -0.05) is 0 Å². The summed E-state index contributed by atoms with van der Waals surface area (Å²) in [5, 5.41) is 0. The van der Waals surface area contributed by atoms with E-state index in [1.807, 2.05) is 30.2 Å². The van der Waals surface area contributed by atoms with Gasteiger partial charge in [0.2, 0.25) is 0 Å². The van der Waals surface area contributed by atoms with Crippen molar-refractivity contribution < 1.29 is 4.79 Å². The van der Waals surface area contributed by atoms with Gasteiger partial charge in [0.05, 0.1) is 5.69 Å². The molecule has 0 aliphatic carbocycles. The molecule has 6 nitrogen and oxygen atoms in total. The third kappa shape index (κ3) is 3.69. The molecule has 4 heterocycles. The average molecular weight is 359 g/mol. The third-order valence-corrected chi connectivity index (χ3v) is 4.95. The van der Waals surface area contributed by atoms with Crippen molar-refractivity contribution in [3.63, 3.8) is 0 Å². The first-order valence-electron chi connectivity index (χ1n) is 9.15. The van der Waals surface area contributed by atoms with Gasteiger partial charge in [-0.2, -0.15) is 0 Å². The zero-order chi connectivity index (χ0) is 18.6. The van der Waals surface area contributed by atoms with Crippen LogP contribution < -0.4 is 0 Å². The number of aromatic nitrogens is 4. The molecule has 0 unspecified atom stereocenters. The molecule has 6 heteroatoms. The fraction of sp³-hybridized carbons (Fsp3) is 0.286. The second-order valence-corrected chi connectivity index (χ2v) is 6.78. The van der Waals surface area contributed by atoms with Gasteiger partial charge in [0.15, 0.2) is 0 Å². The van der Waals surface area contributed by atoms with Crippen molar-refractivity contribution in [3.8, 4) is 11.1 Å². The molecule has 3 aromatic heterocycles. The number of nitrogens with zero attached hydrogens (tertiary/aromatic N) is 5. The molecule has 0 spiro atoms. The highest BCUT2D eigenvalue weighted by Gasteiger charge is 2.28. The lowest BCUT2D eigenvalue weighted by Crippen LogP contribution is -2.39. The first-order valence-corrected chi connectivity index (χ1v) is 9.15. The van der Waals surface area contributed by atoms with E-state index < -0.39 is 0 Å². The number of aryl methyl sites for hydroxylation is 1. The van der Waals surface area contributed by atoms with E-state index in [0.717, 1.165) is 42.0 Å². The minimum Gasteiger partial charge on any atom is -0.338 e.